The van der Waals surface area contributed by atoms with Crippen molar-refractivity contribution in [2.75, 3.05) is 26.4 Å². The maximum atomic E-state index is 12.1. The number of phosphoric ester groups is 1. The molecule has 0 fully saturated rings. The summed E-state index contributed by atoms with van der Waals surface area (Å²) >= 11 is 0. The molecule has 10 heteroatoms. The molecule has 0 rings (SSSR count). The van der Waals surface area contributed by atoms with Crippen LogP contribution in [0.2, 0.25) is 0 Å². The number of unbranched alkanes of at least 4 members (excludes halogenated alkanes) is 20. The molecular weight excluding hydrogens is 750 g/mol. The van der Waals surface area contributed by atoms with Crippen molar-refractivity contribution in [3.63, 3.8) is 0 Å². The Morgan fingerprint density at radius 3 is 1.43 bits per heavy atom. The quantitative estimate of drug-likeness (QED) is 0.0239. The number of ether oxygens (including phenoxy) is 1. The lowest BCUT2D eigenvalue weighted by molar-refractivity contribution is -0.147. The van der Waals surface area contributed by atoms with Gasteiger partial charge in [-0.05, 0) is 83.5 Å². The van der Waals surface area contributed by atoms with E-state index in [0.717, 1.165) is 77.0 Å². The van der Waals surface area contributed by atoms with Crippen LogP contribution < -0.4 is 5.32 Å². The van der Waals surface area contributed by atoms with Gasteiger partial charge in [0.2, 0.25) is 5.91 Å². The van der Waals surface area contributed by atoms with E-state index in [1.54, 1.807) is 0 Å². The monoisotopic (exact) mass is 836 g/mol. The van der Waals surface area contributed by atoms with Gasteiger partial charge in [-0.25, -0.2) is 4.57 Å². The number of rotatable bonds is 43. The van der Waals surface area contributed by atoms with Crippen LogP contribution in [0.4, 0.5) is 0 Å². The first-order valence-electron chi connectivity index (χ1n) is 23.3. The molecule has 0 heterocycles. The molecule has 336 valence electrons. The van der Waals surface area contributed by atoms with Gasteiger partial charge in [-0.2, -0.15) is 0 Å². The normalized spacial score (nSPS) is 13.8. The summed E-state index contributed by atoms with van der Waals surface area (Å²) in [5.41, 5.74) is 0. The summed E-state index contributed by atoms with van der Waals surface area (Å²) in [5.74, 6) is -0.538. The zero-order valence-corrected chi connectivity index (χ0v) is 37.9. The van der Waals surface area contributed by atoms with Gasteiger partial charge in [-0.1, -0.05) is 164 Å². The molecule has 0 aromatic carbocycles. The lowest BCUT2D eigenvalue weighted by Crippen LogP contribution is -2.27. The van der Waals surface area contributed by atoms with Crippen molar-refractivity contribution >= 4 is 19.7 Å². The maximum Gasteiger partial charge on any atom is 0.472 e. The van der Waals surface area contributed by atoms with Gasteiger partial charge in [-0.15, -0.1) is 0 Å². The fraction of sp³-hybridized carbons (Fsp3) is 0.750. The largest absolute Gasteiger partial charge is 0.472 e. The molecule has 58 heavy (non-hydrogen) atoms. The fourth-order valence-electron chi connectivity index (χ4n) is 6.12. The molecule has 0 spiro atoms. The molecule has 3 N–H and O–H groups in total. The van der Waals surface area contributed by atoms with E-state index in [0.29, 0.717) is 6.42 Å². The second kappa shape index (κ2) is 44.3. The van der Waals surface area contributed by atoms with E-state index in [2.05, 4.69) is 79.9 Å². The fourth-order valence-corrected chi connectivity index (χ4v) is 6.88. The minimum absolute atomic E-state index is 0.0734. The lowest BCUT2D eigenvalue weighted by Gasteiger charge is -2.15. The van der Waals surface area contributed by atoms with Crippen molar-refractivity contribution in [1.82, 2.24) is 5.32 Å². The molecule has 0 radical (unpaired) electrons. The number of amides is 1. The second-order valence-corrected chi connectivity index (χ2v) is 16.8. The third kappa shape index (κ3) is 44.8. The Balaban J connectivity index is 3.63. The molecule has 2 unspecified atom stereocenters. The molecule has 9 nitrogen and oxygen atoms in total. The van der Waals surface area contributed by atoms with Crippen molar-refractivity contribution in [1.29, 1.82) is 0 Å². The number of nitrogens with one attached hydrogen (secondary N) is 1. The van der Waals surface area contributed by atoms with Crippen LogP contribution in [0.3, 0.4) is 0 Å². The highest BCUT2D eigenvalue weighted by atomic mass is 31.2. The molecule has 0 aliphatic carbocycles. The first-order chi connectivity index (χ1) is 28.3. The summed E-state index contributed by atoms with van der Waals surface area (Å²) in [7, 11) is -4.43. The van der Waals surface area contributed by atoms with E-state index in [9.17, 15) is 24.2 Å². The molecular formula is C48H86NO8P. The van der Waals surface area contributed by atoms with E-state index < -0.39 is 26.5 Å². The predicted octanol–water partition coefficient (Wildman–Crippen LogP) is 13.3. The van der Waals surface area contributed by atoms with Crippen LogP contribution in [0.25, 0.3) is 0 Å². The van der Waals surface area contributed by atoms with Crippen LogP contribution in [-0.4, -0.2) is 54.3 Å². The summed E-state index contributed by atoms with van der Waals surface area (Å²) in [4.78, 5) is 34.0. The van der Waals surface area contributed by atoms with E-state index in [-0.39, 0.29) is 32.1 Å². The first kappa shape index (κ1) is 55.7. The van der Waals surface area contributed by atoms with Gasteiger partial charge in [0.15, 0.2) is 0 Å². The number of aliphatic hydroxyl groups is 1. The molecule has 0 saturated carbocycles. The second-order valence-electron chi connectivity index (χ2n) is 15.4. The molecule has 0 saturated heterocycles. The van der Waals surface area contributed by atoms with Gasteiger partial charge in [0, 0.05) is 19.4 Å². The highest BCUT2D eigenvalue weighted by Gasteiger charge is 2.23. The van der Waals surface area contributed by atoms with Gasteiger partial charge < -0.3 is 20.1 Å². The topological polar surface area (TPSA) is 131 Å². The van der Waals surface area contributed by atoms with Crippen molar-refractivity contribution in [3.8, 4) is 0 Å². The molecule has 0 aromatic heterocycles. The number of esters is 1. The summed E-state index contributed by atoms with van der Waals surface area (Å²) < 4.78 is 26.9. The average Bonchev–Trinajstić information content (AvgIpc) is 3.21. The predicted molar refractivity (Wildman–Crippen MR) is 243 cm³/mol. The SMILES string of the molecule is CCCCC/C=C\C/C=C\C/C=C\CCCCCCCCC(=O)OCC(O)COP(=O)(O)OCCNC(=O)CCCCCCCCC/C=C\C/C=C\CCCCCC. The summed E-state index contributed by atoms with van der Waals surface area (Å²) in [5, 5.41) is 12.7. The molecule has 1 amide bonds. The first-order valence-corrected chi connectivity index (χ1v) is 24.8. The molecule has 0 aliphatic rings. The number of hydrogen-bond donors (Lipinski definition) is 3. The van der Waals surface area contributed by atoms with E-state index in [1.165, 1.54) is 96.3 Å². The van der Waals surface area contributed by atoms with E-state index >= 15 is 0 Å². The van der Waals surface area contributed by atoms with Crippen molar-refractivity contribution in [3.05, 3.63) is 60.8 Å². The van der Waals surface area contributed by atoms with Gasteiger partial charge in [0.05, 0.1) is 13.2 Å². The van der Waals surface area contributed by atoms with Crippen molar-refractivity contribution in [2.24, 2.45) is 0 Å². The third-order valence-corrected chi connectivity index (χ3v) is 10.7. The molecule has 0 aliphatic heterocycles. The van der Waals surface area contributed by atoms with Crippen LogP contribution in [0.15, 0.2) is 60.8 Å². The Hall–Kier alpha value is -2.29. The maximum absolute atomic E-state index is 12.1. The van der Waals surface area contributed by atoms with Gasteiger partial charge in [0.1, 0.15) is 12.7 Å². The average molecular weight is 836 g/mol. The number of aliphatic hydroxyl groups excluding tert-OH is 1. The smallest absolute Gasteiger partial charge is 0.463 e. The van der Waals surface area contributed by atoms with Crippen LogP contribution in [0.5, 0.6) is 0 Å². The Kier molecular flexibility index (Phi) is 42.5. The number of phosphoric acid groups is 1. The minimum atomic E-state index is -4.43. The van der Waals surface area contributed by atoms with Gasteiger partial charge >= 0.3 is 13.8 Å². The molecule has 0 aromatic rings. The number of carbonyl (C=O) groups is 2. The molecule has 0 bridgehead atoms. The highest BCUT2D eigenvalue weighted by Crippen LogP contribution is 2.42. The van der Waals surface area contributed by atoms with Gasteiger partial charge in [-0.3, -0.25) is 18.6 Å². The van der Waals surface area contributed by atoms with Crippen molar-refractivity contribution < 1.29 is 37.9 Å². The van der Waals surface area contributed by atoms with Gasteiger partial charge in [0.25, 0.3) is 0 Å². The van der Waals surface area contributed by atoms with E-state index in [1.807, 2.05) is 0 Å². The number of allylic oxidation sites excluding steroid dienone is 10. The molecule has 2 atom stereocenters. The zero-order valence-electron chi connectivity index (χ0n) is 37.0. The number of carbonyl (C=O) groups excluding carboxylic acids is 2. The minimum Gasteiger partial charge on any atom is -0.463 e. The Bertz CT molecular complexity index is 1130. The van der Waals surface area contributed by atoms with Crippen LogP contribution in [0, 0.1) is 0 Å². The lowest BCUT2D eigenvalue weighted by atomic mass is 10.1. The Labute approximate surface area is 355 Å². The van der Waals surface area contributed by atoms with E-state index in [4.69, 9.17) is 13.8 Å². The summed E-state index contributed by atoms with van der Waals surface area (Å²) in [6, 6.07) is 0. The van der Waals surface area contributed by atoms with Crippen LogP contribution in [0.1, 0.15) is 200 Å². The summed E-state index contributed by atoms with van der Waals surface area (Å²) in [6.45, 7) is 3.49. The van der Waals surface area contributed by atoms with Crippen molar-refractivity contribution in [2.45, 2.75) is 206 Å². The van der Waals surface area contributed by atoms with Crippen LogP contribution in [-0.2, 0) is 27.9 Å². The zero-order chi connectivity index (χ0) is 42.5. The highest BCUT2D eigenvalue weighted by molar-refractivity contribution is 7.47. The third-order valence-electron chi connectivity index (χ3n) is 9.67. The Morgan fingerprint density at radius 2 is 0.931 bits per heavy atom. The summed E-state index contributed by atoms with van der Waals surface area (Å²) in [6.07, 6.45) is 52.9. The standard InChI is InChI=1S/C48H86NO8P/c1-3-5-7-9-11-13-15-17-19-21-23-25-27-29-31-33-35-37-39-41-48(52)55-44-46(50)45-57-58(53,54)56-43-42-49-47(51)40-38-36-34-32-30-28-26-24-22-20-18-16-14-12-10-8-6-4-2/h11,13-14,16-17,19-20,22-23,25,46,50H,3-10,12,15,18,21,24,26-45H2,1-2H3,(H,49,51)(H,53,54)/b13-11-,16-14-,19-17-,22-20-,25-23-. The number of hydrogen-bond acceptors (Lipinski definition) is 7. The Morgan fingerprint density at radius 1 is 0.534 bits per heavy atom. The van der Waals surface area contributed by atoms with Crippen LogP contribution >= 0.6 is 7.82 Å².